The summed E-state index contributed by atoms with van der Waals surface area (Å²) in [4.78, 5) is 18.2. The minimum absolute atomic E-state index is 0.0196. The highest BCUT2D eigenvalue weighted by Gasteiger charge is 2.55. The Morgan fingerprint density at radius 2 is 1.29 bits per heavy atom. The third kappa shape index (κ3) is 8.16. The van der Waals surface area contributed by atoms with Gasteiger partial charge in [-0.25, -0.2) is 0 Å². The van der Waals surface area contributed by atoms with E-state index < -0.39 is 11.2 Å². The number of rotatable bonds is 14. The number of esters is 1. The van der Waals surface area contributed by atoms with Gasteiger partial charge in [-0.05, 0) is 69.7 Å². The minimum Gasteiger partial charge on any atom is -0.466 e. The molecule has 0 bridgehead atoms. The molecule has 0 radical (unpaired) electrons. The van der Waals surface area contributed by atoms with Gasteiger partial charge < -0.3 is 14.2 Å². The summed E-state index contributed by atoms with van der Waals surface area (Å²) in [6, 6.07) is 43.2. The third-order valence-electron chi connectivity index (χ3n) is 10.4. The molecule has 0 amide bonds. The highest BCUT2D eigenvalue weighted by molar-refractivity contribution is 5.69. The van der Waals surface area contributed by atoms with Gasteiger partial charge in [0.1, 0.15) is 0 Å². The Balaban J connectivity index is 1.83. The molecule has 4 aromatic rings. The van der Waals surface area contributed by atoms with Crippen molar-refractivity contribution in [3.05, 3.63) is 144 Å². The fraction of sp³-hybridized carbons (Fsp3) is 0.419. The van der Waals surface area contributed by atoms with Crippen molar-refractivity contribution >= 4 is 5.97 Å². The molecule has 4 aromatic carbocycles. The Bertz CT molecular complexity index is 1540. The molecule has 1 saturated heterocycles. The zero-order valence-corrected chi connectivity index (χ0v) is 30.0. The summed E-state index contributed by atoms with van der Waals surface area (Å²) in [7, 11) is 0. The second-order valence-electron chi connectivity index (χ2n) is 13.3. The first-order valence-electron chi connectivity index (χ1n) is 17.9. The van der Waals surface area contributed by atoms with Crippen LogP contribution in [0.5, 0.6) is 0 Å². The van der Waals surface area contributed by atoms with Crippen LogP contribution in [0, 0.1) is 0 Å². The van der Waals surface area contributed by atoms with E-state index in [1.54, 1.807) is 0 Å². The fourth-order valence-corrected chi connectivity index (χ4v) is 8.07. The minimum atomic E-state index is -0.724. The summed E-state index contributed by atoms with van der Waals surface area (Å²) in [6.07, 6.45) is 1.72. The van der Waals surface area contributed by atoms with Gasteiger partial charge >= 0.3 is 5.97 Å². The number of benzene rings is 4. The predicted molar refractivity (Wildman–Crippen MR) is 197 cm³/mol. The van der Waals surface area contributed by atoms with Crippen molar-refractivity contribution in [3.8, 4) is 0 Å². The molecule has 1 fully saturated rings. The quantitative estimate of drug-likeness (QED) is 0.0992. The third-order valence-corrected chi connectivity index (χ3v) is 10.4. The highest BCUT2D eigenvalue weighted by Crippen LogP contribution is 2.52. The van der Waals surface area contributed by atoms with Gasteiger partial charge in [-0.2, -0.15) is 0 Å². The number of carbonyl (C=O) groups excluding carboxylic acids is 1. The Kier molecular flexibility index (Phi) is 12.8. The van der Waals surface area contributed by atoms with E-state index >= 15 is 0 Å². The van der Waals surface area contributed by atoms with Crippen LogP contribution in [0.15, 0.2) is 121 Å². The van der Waals surface area contributed by atoms with E-state index in [-0.39, 0.29) is 24.1 Å². The summed E-state index contributed by atoms with van der Waals surface area (Å²) >= 11 is 0. The van der Waals surface area contributed by atoms with Crippen LogP contribution in [0.25, 0.3) is 0 Å². The van der Waals surface area contributed by atoms with Crippen molar-refractivity contribution in [1.29, 1.82) is 0 Å². The molecule has 5 rings (SSSR count). The van der Waals surface area contributed by atoms with E-state index in [1.807, 2.05) is 6.92 Å². The van der Waals surface area contributed by atoms with Crippen molar-refractivity contribution in [2.75, 3.05) is 33.0 Å². The largest absolute Gasteiger partial charge is 0.466 e. The van der Waals surface area contributed by atoms with E-state index in [9.17, 15) is 4.79 Å². The van der Waals surface area contributed by atoms with E-state index in [0.717, 1.165) is 6.42 Å². The maximum absolute atomic E-state index is 12.8. The lowest BCUT2D eigenvalue weighted by Gasteiger charge is -2.62. The van der Waals surface area contributed by atoms with Gasteiger partial charge in [-0.3, -0.25) is 14.6 Å². The molecule has 0 N–H and O–H groups in total. The van der Waals surface area contributed by atoms with Crippen molar-refractivity contribution < 1.29 is 19.0 Å². The summed E-state index contributed by atoms with van der Waals surface area (Å²) in [5.74, 6) is -0.163. The lowest BCUT2D eigenvalue weighted by molar-refractivity contribution is -0.196. The summed E-state index contributed by atoms with van der Waals surface area (Å²) in [6.45, 7) is 13.7. The molecule has 0 spiro atoms. The van der Waals surface area contributed by atoms with Crippen LogP contribution in [0.4, 0.5) is 0 Å². The molecule has 1 heterocycles. The molecule has 0 saturated carbocycles. The van der Waals surface area contributed by atoms with Gasteiger partial charge in [0.25, 0.3) is 0 Å². The maximum atomic E-state index is 12.8. The molecule has 49 heavy (non-hydrogen) atoms. The van der Waals surface area contributed by atoms with Gasteiger partial charge in [0.05, 0.1) is 37.6 Å². The Morgan fingerprint density at radius 1 is 0.755 bits per heavy atom. The molecule has 1 aliphatic heterocycles. The summed E-state index contributed by atoms with van der Waals surface area (Å²) < 4.78 is 18.2. The Morgan fingerprint density at radius 3 is 1.88 bits per heavy atom. The molecule has 260 valence electrons. The van der Waals surface area contributed by atoms with Crippen LogP contribution < -0.4 is 0 Å². The molecule has 6 heteroatoms. The van der Waals surface area contributed by atoms with E-state index in [4.69, 9.17) is 14.2 Å². The number of carbonyl (C=O) groups is 1. The fourth-order valence-electron chi connectivity index (χ4n) is 8.07. The van der Waals surface area contributed by atoms with Crippen LogP contribution >= 0.6 is 0 Å². The average Bonchev–Trinajstić information content (AvgIpc) is 3.13. The Labute approximate surface area is 294 Å². The smallest absolute Gasteiger partial charge is 0.305 e. The second-order valence-corrected chi connectivity index (χ2v) is 13.3. The molecule has 5 atom stereocenters. The highest BCUT2D eigenvalue weighted by atomic mass is 16.5. The topological polar surface area (TPSA) is 51.2 Å². The molecule has 1 aliphatic rings. The van der Waals surface area contributed by atoms with Crippen LogP contribution in [0.2, 0.25) is 0 Å². The van der Waals surface area contributed by atoms with E-state index in [2.05, 4.69) is 159 Å². The first-order chi connectivity index (χ1) is 23.8. The van der Waals surface area contributed by atoms with Gasteiger partial charge in [-0.1, -0.05) is 121 Å². The monoisotopic (exact) mass is 662 g/mol. The number of hydrogen-bond acceptors (Lipinski definition) is 6. The average molecular weight is 663 g/mol. The molecule has 1 unspecified atom stereocenters. The first-order valence-corrected chi connectivity index (χ1v) is 17.9. The van der Waals surface area contributed by atoms with Crippen molar-refractivity contribution in [1.82, 2.24) is 9.80 Å². The van der Waals surface area contributed by atoms with Gasteiger partial charge in [0.2, 0.25) is 0 Å². The lowest BCUT2D eigenvalue weighted by atomic mass is 9.78. The zero-order chi connectivity index (χ0) is 34.7. The number of hydrogen-bond donors (Lipinski definition) is 0. The standard InChI is InChI=1S/C43H54N2O4/c1-6-49-41(46)28-27-34(2)44(35(3)37-19-11-7-12-20-37)42(5,39-23-15-9-16-24-39)45(36(4)38-21-13-8-14-22-38)43(40-25-17-10-18-26-40)29-30-47-31-32-48-33-43/h7-26,34-36H,6,27-33H2,1-5H3/t34?,35-,36-,42-,43+/m1/s1. The maximum Gasteiger partial charge on any atom is 0.305 e. The predicted octanol–water partition coefficient (Wildman–Crippen LogP) is 9.05. The molecular formula is C43H54N2O4. The molecule has 6 nitrogen and oxygen atoms in total. The van der Waals surface area contributed by atoms with Crippen LogP contribution in [0.3, 0.4) is 0 Å². The second kappa shape index (κ2) is 17.2. The SMILES string of the molecule is CCOC(=O)CCC(C)N([C@H](C)c1ccccc1)[C@@](C)(c1ccccc1)N([C@H](C)c1ccccc1)[C@@]1(c2ccccc2)CCOCCOC1. The molecule has 0 aliphatic carbocycles. The summed E-state index contributed by atoms with van der Waals surface area (Å²) in [5.41, 5.74) is 3.48. The van der Waals surface area contributed by atoms with E-state index in [1.165, 1.54) is 22.3 Å². The Hall–Kier alpha value is -3.81. The summed E-state index contributed by atoms with van der Waals surface area (Å²) in [5, 5.41) is 0. The number of ether oxygens (including phenoxy) is 3. The van der Waals surface area contributed by atoms with Crippen LogP contribution in [0.1, 0.15) is 88.2 Å². The van der Waals surface area contributed by atoms with Crippen LogP contribution in [-0.4, -0.2) is 54.8 Å². The van der Waals surface area contributed by atoms with E-state index in [0.29, 0.717) is 45.9 Å². The zero-order valence-electron chi connectivity index (χ0n) is 30.0. The van der Waals surface area contributed by atoms with Crippen molar-refractivity contribution in [2.45, 2.75) is 83.2 Å². The molecule has 0 aromatic heterocycles. The lowest BCUT2D eigenvalue weighted by Crippen LogP contribution is -2.67. The van der Waals surface area contributed by atoms with Crippen LogP contribution in [-0.2, 0) is 30.2 Å². The van der Waals surface area contributed by atoms with Gasteiger partial charge in [-0.15, -0.1) is 0 Å². The normalized spacial score (nSPS) is 20.1. The molecular weight excluding hydrogens is 608 g/mol. The van der Waals surface area contributed by atoms with Gasteiger partial charge in [0, 0.05) is 31.2 Å². The van der Waals surface area contributed by atoms with Gasteiger partial charge in [0.15, 0.2) is 0 Å². The first kappa shape index (κ1) is 36.5. The van der Waals surface area contributed by atoms with Crippen molar-refractivity contribution in [2.24, 2.45) is 0 Å². The van der Waals surface area contributed by atoms with Crippen molar-refractivity contribution in [3.63, 3.8) is 0 Å². The number of nitrogens with zero attached hydrogens (tertiary/aromatic N) is 2.